The summed E-state index contributed by atoms with van der Waals surface area (Å²) in [6.45, 7) is 1.25. The SMILES string of the molecule is COc1ccc2c(c1)N(C)C(=C1SC(=NCCc3ccccc3)N(CCc3ccccc3)C1=O)S2. The largest absolute Gasteiger partial charge is 0.497 e. The van der Waals surface area contributed by atoms with Crippen LogP contribution >= 0.6 is 23.5 Å². The molecule has 2 aliphatic heterocycles. The lowest BCUT2D eigenvalue weighted by molar-refractivity contribution is -0.122. The quantitative estimate of drug-likeness (QED) is 0.382. The lowest BCUT2D eigenvalue weighted by Gasteiger charge is -2.17. The first kappa shape index (κ1) is 23.6. The van der Waals surface area contributed by atoms with Crippen molar-refractivity contribution in [3.8, 4) is 5.75 Å². The lowest BCUT2D eigenvalue weighted by Crippen LogP contribution is -2.32. The molecule has 1 amide bonds. The number of aliphatic imine (C=N–C) groups is 1. The maximum absolute atomic E-state index is 13.7. The van der Waals surface area contributed by atoms with Crippen molar-refractivity contribution in [3.63, 3.8) is 0 Å². The Morgan fingerprint density at radius 3 is 2.26 bits per heavy atom. The van der Waals surface area contributed by atoms with Gasteiger partial charge in [-0.05, 0) is 47.9 Å². The summed E-state index contributed by atoms with van der Waals surface area (Å²) in [4.78, 5) is 24.4. The van der Waals surface area contributed by atoms with Gasteiger partial charge in [0.15, 0.2) is 5.17 Å². The molecule has 2 aliphatic rings. The Morgan fingerprint density at radius 2 is 1.57 bits per heavy atom. The molecular formula is C28H27N3O2S2. The Bertz CT molecular complexity index is 1280. The second-order valence-electron chi connectivity index (χ2n) is 8.32. The summed E-state index contributed by atoms with van der Waals surface area (Å²) in [5, 5.41) is 1.73. The molecule has 0 spiro atoms. The number of benzene rings is 3. The van der Waals surface area contributed by atoms with Crippen LogP contribution in [0, 0.1) is 0 Å². The predicted molar refractivity (Wildman–Crippen MR) is 146 cm³/mol. The van der Waals surface area contributed by atoms with Crippen molar-refractivity contribution in [1.29, 1.82) is 0 Å². The monoisotopic (exact) mass is 501 g/mol. The highest BCUT2D eigenvalue weighted by Gasteiger charge is 2.38. The summed E-state index contributed by atoms with van der Waals surface area (Å²) in [6.07, 6.45) is 1.63. The molecule has 0 unspecified atom stereocenters. The highest BCUT2D eigenvalue weighted by Crippen LogP contribution is 2.50. The van der Waals surface area contributed by atoms with E-state index in [0.29, 0.717) is 13.1 Å². The molecule has 0 bridgehead atoms. The van der Waals surface area contributed by atoms with Gasteiger partial charge in [-0.15, -0.1) is 0 Å². The highest BCUT2D eigenvalue weighted by molar-refractivity contribution is 8.19. The van der Waals surface area contributed by atoms with Crippen molar-refractivity contribution in [2.24, 2.45) is 4.99 Å². The molecule has 35 heavy (non-hydrogen) atoms. The molecule has 0 saturated carbocycles. The third kappa shape index (κ3) is 5.11. The molecule has 5 rings (SSSR count). The number of nitrogens with zero attached hydrogens (tertiary/aromatic N) is 3. The van der Waals surface area contributed by atoms with E-state index >= 15 is 0 Å². The van der Waals surface area contributed by atoms with Gasteiger partial charge in [-0.3, -0.25) is 14.7 Å². The number of rotatable bonds is 7. The van der Waals surface area contributed by atoms with Crippen molar-refractivity contribution in [3.05, 3.63) is 99.9 Å². The Balaban J connectivity index is 1.41. The number of ether oxygens (including phenoxy) is 1. The van der Waals surface area contributed by atoms with Gasteiger partial charge in [0.1, 0.15) is 10.7 Å². The number of carbonyl (C=O) groups excluding carboxylic acids is 1. The number of hydrogen-bond acceptors (Lipinski definition) is 6. The minimum atomic E-state index is 0.0264. The van der Waals surface area contributed by atoms with E-state index in [2.05, 4.69) is 35.2 Å². The first-order valence-corrected chi connectivity index (χ1v) is 13.2. The van der Waals surface area contributed by atoms with Crippen molar-refractivity contribution in [2.45, 2.75) is 17.7 Å². The Kier molecular flexibility index (Phi) is 7.16. The average Bonchev–Trinajstić information content (AvgIpc) is 3.39. The summed E-state index contributed by atoms with van der Waals surface area (Å²) in [5.41, 5.74) is 3.51. The van der Waals surface area contributed by atoms with Crippen molar-refractivity contribution < 1.29 is 9.53 Å². The third-order valence-electron chi connectivity index (χ3n) is 6.05. The highest BCUT2D eigenvalue weighted by atomic mass is 32.2. The first-order valence-electron chi connectivity index (χ1n) is 11.6. The van der Waals surface area contributed by atoms with Gasteiger partial charge in [0, 0.05) is 31.1 Å². The molecule has 0 N–H and O–H groups in total. The van der Waals surface area contributed by atoms with Crippen molar-refractivity contribution in [2.75, 3.05) is 32.1 Å². The molecule has 1 fully saturated rings. The molecule has 7 heteroatoms. The smallest absolute Gasteiger partial charge is 0.269 e. The molecule has 0 radical (unpaired) electrons. The zero-order chi connectivity index (χ0) is 24.2. The summed E-state index contributed by atoms with van der Waals surface area (Å²) in [7, 11) is 3.68. The fourth-order valence-electron chi connectivity index (χ4n) is 4.11. The topological polar surface area (TPSA) is 45.1 Å². The van der Waals surface area contributed by atoms with E-state index in [1.165, 1.54) is 22.9 Å². The number of fused-ring (bicyclic) bond motifs is 1. The van der Waals surface area contributed by atoms with Gasteiger partial charge in [-0.1, -0.05) is 72.4 Å². The molecule has 5 nitrogen and oxygen atoms in total. The van der Waals surface area contributed by atoms with Crippen LogP contribution in [0.3, 0.4) is 0 Å². The number of methoxy groups -OCH3 is 1. The number of amides is 1. The van der Waals surface area contributed by atoms with Crippen LogP contribution in [0.1, 0.15) is 11.1 Å². The molecule has 178 valence electrons. The van der Waals surface area contributed by atoms with Gasteiger partial charge in [0.05, 0.1) is 17.8 Å². The van der Waals surface area contributed by atoms with Gasteiger partial charge in [-0.2, -0.15) is 0 Å². The van der Waals surface area contributed by atoms with Gasteiger partial charge < -0.3 is 9.64 Å². The fourth-order valence-corrected chi connectivity index (χ4v) is 6.47. The Morgan fingerprint density at radius 1 is 0.886 bits per heavy atom. The van der Waals surface area contributed by atoms with Crippen LogP contribution < -0.4 is 9.64 Å². The van der Waals surface area contributed by atoms with Crippen molar-refractivity contribution >= 4 is 40.3 Å². The molecule has 0 aromatic heterocycles. The minimum absolute atomic E-state index is 0.0264. The van der Waals surface area contributed by atoms with E-state index in [9.17, 15) is 4.79 Å². The molecule has 0 atom stereocenters. The van der Waals surface area contributed by atoms with E-state index < -0.39 is 0 Å². The Hall–Kier alpha value is -3.16. The second kappa shape index (κ2) is 10.6. The summed E-state index contributed by atoms with van der Waals surface area (Å²) in [6, 6.07) is 26.7. The lowest BCUT2D eigenvalue weighted by atomic mass is 10.1. The normalized spacial score (nSPS) is 18.5. The molecule has 1 saturated heterocycles. The van der Waals surface area contributed by atoms with Crippen molar-refractivity contribution in [1.82, 2.24) is 4.90 Å². The first-order chi connectivity index (χ1) is 17.1. The molecular weight excluding hydrogens is 474 g/mol. The molecule has 2 heterocycles. The Labute approximate surface area is 214 Å². The van der Waals surface area contributed by atoms with Crippen LogP contribution in [-0.2, 0) is 17.6 Å². The van der Waals surface area contributed by atoms with Crippen LogP contribution in [0.15, 0.2) is 98.7 Å². The standard InChI is InChI=1S/C28H27N3O2S2/c1-30-23-19-22(33-2)13-14-24(23)34-27(30)25-26(32)31(18-16-21-11-7-4-8-12-21)28(35-25)29-17-15-20-9-5-3-6-10-20/h3-14,19H,15-18H2,1-2H3. The maximum Gasteiger partial charge on any atom is 0.269 e. The van der Waals surface area contributed by atoms with Crippen LogP contribution in [-0.4, -0.2) is 43.2 Å². The number of amidine groups is 1. The second-order valence-corrected chi connectivity index (χ2v) is 10.3. The number of anilines is 1. The van der Waals surface area contributed by atoms with Crippen LogP contribution in [0.2, 0.25) is 0 Å². The van der Waals surface area contributed by atoms with E-state index in [1.54, 1.807) is 18.9 Å². The summed E-state index contributed by atoms with van der Waals surface area (Å²) >= 11 is 3.12. The van der Waals surface area contributed by atoms with E-state index in [1.807, 2.05) is 60.5 Å². The zero-order valence-electron chi connectivity index (χ0n) is 19.8. The third-order valence-corrected chi connectivity index (χ3v) is 8.52. The van der Waals surface area contributed by atoms with Crippen LogP contribution in [0.4, 0.5) is 5.69 Å². The average molecular weight is 502 g/mol. The molecule has 3 aromatic rings. The molecule has 3 aromatic carbocycles. The minimum Gasteiger partial charge on any atom is -0.497 e. The van der Waals surface area contributed by atoms with Crippen LogP contribution in [0.25, 0.3) is 0 Å². The summed E-state index contributed by atoms with van der Waals surface area (Å²) in [5.74, 6) is 0.832. The number of thioether (sulfide) groups is 2. The number of hydrogen-bond donors (Lipinski definition) is 0. The van der Waals surface area contributed by atoms with Crippen LogP contribution in [0.5, 0.6) is 5.75 Å². The molecule has 0 aliphatic carbocycles. The van der Waals surface area contributed by atoms with E-state index in [0.717, 1.165) is 44.3 Å². The van der Waals surface area contributed by atoms with Gasteiger partial charge in [0.25, 0.3) is 5.91 Å². The fraction of sp³-hybridized carbons (Fsp3) is 0.214. The zero-order valence-corrected chi connectivity index (χ0v) is 21.4. The maximum atomic E-state index is 13.7. The number of carbonyl (C=O) groups is 1. The van der Waals surface area contributed by atoms with E-state index in [-0.39, 0.29) is 5.91 Å². The van der Waals surface area contributed by atoms with E-state index in [4.69, 9.17) is 9.73 Å². The predicted octanol–water partition coefficient (Wildman–Crippen LogP) is 5.82. The van der Waals surface area contributed by atoms with Gasteiger partial charge in [-0.25, -0.2) is 0 Å². The van der Waals surface area contributed by atoms with Gasteiger partial charge >= 0.3 is 0 Å². The summed E-state index contributed by atoms with van der Waals surface area (Å²) < 4.78 is 5.41. The van der Waals surface area contributed by atoms with Gasteiger partial charge in [0.2, 0.25) is 0 Å².